The summed E-state index contributed by atoms with van der Waals surface area (Å²) in [5.41, 5.74) is 4.06. The molecule has 0 bridgehead atoms. The molecule has 0 saturated carbocycles. The molecule has 1 saturated heterocycles. The second kappa shape index (κ2) is 4.47. The van der Waals surface area contributed by atoms with Crippen LogP contribution in [0.3, 0.4) is 0 Å². The molecule has 0 aromatic heterocycles. The van der Waals surface area contributed by atoms with Gasteiger partial charge in [0.1, 0.15) is 17.0 Å². The lowest BCUT2D eigenvalue weighted by Crippen LogP contribution is -2.50. The minimum atomic E-state index is -1.43. The number of carboxylic acid groups (broad SMARTS) is 1. The Hall–Kier alpha value is -2.22. The highest BCUT2D eigenvalue weighted by atomic mass is 19.1. The SMILES string of the molecule is NC1(C(=O)O)CCN(c2ccc(F)cc2[N+](=O)[O-])C1. The predicted molar refractivity (Wildman–Crippen MR) is 64.4 cm³/mol. The van der Waals surface area contributed by atoms with E-state index < -0.39 is 27.9 Å². The second-order valence-electron chi connectivity index (χ2n) is 4.52. The molecule has 1 heterocycles. The molecule has 2 rings (SSSR count). The van der Waals surface area contributed by atoms with E-state index in [1.54, 1.807) is 0 Å². The fourth-order valence-corrected chi connectivity index (χ4v) is 2.12. The summed E-state index contributed by atoms with van der Waals surface area (Å²) in [7, 11) is 0. The first-order valence-corrected chi connectivity index (χ1v) is 5.55. The lowest BCUT2D eigenvalue weighted by molar-refractivity contribution is -0.384. The highest BCUT2D eigenvalue weighted by molar-refractivity contribution is 5.81. The van der Waals surface area contributed by atoms with Crippen molar-refractivity contribution in [3.05, 3.63) is 34.1 Å². The fourth-order valence-electron chi connectivity index (χ4n) is 2.12. The van der Waals surface area contributed by atoms with E-state index in [9.17, 15) is 19.3 Å². The molecule has 1 atom stereocenters. The van der Waals surface area contributed by atoms with Gasteiger partial charge in [-0.15, -0.1) is 0 Å². The largest absolute Gasteiger partial charge is 0.480 e. The van der Waals surface area contributed by atoms with Gasteiger partial charge in [-0.1, -0.05) is 0 Å². The first-order valence-electron chi connectivity index (χ1n) is 5.55. The third-order valence-corrected chi connectivity index (χ3v) is 3.20. The van der Waals surface area contributed by atoms with E-state index >= 15 is 0 Å². The molecule has 0 aliphatic carbocycles. The van der Waals surface area contributed by atoms with Gasteiger partial charge in [0.2, 0.25) is 0 Å². The number of nitrogens with two attached hydrogens (primary N) is 1. The van der Waals surface area contributed by atoms with E-state index in [1.165, 1.54) is 11.0 Å². The van der Waals surface area contributed by atoms with E-state index in [1.807, 2.05) is 0 Å². The summed E-state index contributed by atoms with van der Waals surface area (Å²) in [6, 6.07) is 3.17. The standard InChI is InChI=1S/C11H12FN3O4/c12-7-1-2-8(9(5-7)15(18)19)14-4-3-11(13,6-14)10(16)17/h1-2,5H,3-4,6,13H2,(H,16,17). The van der Waals surface area contributed by atoms with Crippen LogP contribution in [0, 0.1) is 15.9 Å². The molecule has 1 aliphatic heterocycles. The molecule has 1 aromatic rings. The van der Waals surface area contributed by atoms with Gasteiger partial charge < -0.3 is 15.7 Å². The third-order valence-electron chi connectivity index (χ3n) is 3.20. The van der Waals surface area contributed by atoms with Gasteiger partial charge in [0, 0.05) is 13.1 Å². The molecule has 7 nitrogen and oxygen atoms in total. The van der Waals surface area contributed by atoms with Crippen LogP contribution in [0.25, 0.3) is 0 Å². The molecule has 0 spiro atoms. The summed E-state index contributed by atoms with van der Waals surface area (Å²) in [6.45, 7) is 0.226. The zero-order valence-corrected chi connectivity index (χ0v) is 9.88. The minimum absolute atomic E-state index is 0.0468. The Morgan fingerprint density at radius 3 is 2.79 bits per heavy atom. The number of carbonyl (C=O) groups is 1. The number of nitro groups is 1. The van der Waals surface area contributed by atoms with Crippen LogP contribution < -0.4 is 10.6 Å². The predicted octanol–water partition coefficient (Wildman–Crippen LogP) is 0.726. The van der Waals surface area contributed by atoms with Crippen molar-refractivity contribution in [2.75, 3.05) is 18.0 Å². The van der Waals surface area contributed by atoms with Crippen LogP contribution in [0.4, 0.5) is 15.8 Å². The summed E-state index contributed by atoms with van der Waals surface area (Å²) in [5.74, 6) is -1.87. The van der Waals surface area contributed by atoms with Crippen LogP contribution in [0.1, 0.15) is 6.42 Å². The highest BCUT2D eigenvalue weighted by Crippen LogP contribution is 2.33. The summed E-state index contributed by atoms with van der Waals surface area (Å²) >= 11 is 0. The van der Waals surface area contributed by atoms with Crippen LogP contribution in [0.15, 0.2) is 18.2 Å². The van der Waals surface area contributed by atoms with Crippen LogP contribution in [-0.2, 0) is 4.79 Å². The Labute approximate surface area is 107 Å². The van der Waals surface area contributed by atoms with E-state index in [2.05, 4.69) is 0 Å². The van der Waals surface area contributed by atoms with Crippen LogP contribution in [0.2, 0.25) is 0 Å². The maximum absolute atomic E-state index is 13.0. The fraction of sp³-hybridized carbons (Fsp3) is 0.364. The summed E-state index contributed by atoms with van der Waals surface area (Å²) in [4.78, 5) is 22.7. The normalized spacial score (nSPS) is 22.5. The number of aliphatic carboxylic acids is 1. The lowest BCUT2D eigenvalue weighted by atomic mass is 10.0. The van der Waals surface area contributed by atoms with Crippen LogP contribution in [0.5, 0.6) is 0 Å². The molecule has 8 heteroatoms. The number of benzene rings is 1. The van der Waals surface area contributed by atoms with Crippen molar-refractivity contribution in [1.29, 1.82) is 0 Å². The molecule has 3 N–H and O–H groups in total. The average molecular weight is 269 g/mol. The van der Waals surface area contributed by atoms with Crippen molar-refractivity contribution in [1.82, 2.24) is 0 Å². The summed E-state index contributed by atoms with van der Waals surface area (Å²) in [6.07, 6.45) is 0.177. The average Bonchev–Trinajstić information content (AvgIpc) is 2.73. The molecule has 1 fully saturated rings. The van der Waals surface area contributed by atoms with Crippen LogP contribution in [-0.4, -0.2) is 34.6 Å². The number of halogens is 1. The maximum atomic E-state index is 13.0. The van der Waals surface area contributed by atoms with Crippen molar-refractivity contribution in [2.45, 2.75) is 12.0 Å². The molecule has 1 unspecified atom stereocenters. The van der Waals surface area contributed by atoms with Gasteiger partial charge in [0.15, 0.2) is 0 Å². The minimum Gasteiger partial charge on any atom is -0.480 e. The molecular formula is C11H12FN3O4. The van der Waals surface area contributed by atoms with Crippen molar-refractivity contribution < 1.29 is 19.2 Å². The van der Waals surface area contributed by atoms with E-state index in [0.29, 0.717) is 0 Å². The third kappa shape index (κ3) is 2.34. The molecule has 0 radical (unpaired) electrons. The van der Waals surface area contributed by atoms with E-state index in [-0.39, 0.29) is 25.2 Å². The molecule has 102 valence electrons. The number of rotatable bonds is 3. The summed E-state index contributed by atoms with van der Waals surface area (Å²) in [5, 5.41) is 19.9. The maximum Gasteiger partial charge on any atom is 0.325 e. The van der Waals surface area contributed by atoms with Crippen molar-refractivity contribution in [3.8, 4) is 0 Å². The van der Waals surface area contributed by atoms with E-state index in [4.69, 9.17) is 10.8 Å². The van der Waals surface area contributed by atoms with Gasteiger partial charge in [-0.05, 0) is 18.6 Å². The summed E-state index contributed by atoms with van der Waals surface area (Å²) < 4.78 is 13.0. The number of hydrogen-bond donors (Lipinski definition) is 2. The van der Waals surface area contributed by atoms with E-state index in [0.717, 1.165) is 12.1 Å². The Morgan fingerprint density at radius 2 is 2.26 bits per heavy atom. The molecule has 1 aromatic carbocycles. The second-order valence-corrected chi connectivity index (χ2v) is 4.52. The Balaban J connectivity index is 2.34. The number of nitro benzene ring substituents is 1. The van der Waals surface area contributed by atoms with Gasteiger partial charge in [-0.3, -0.25) is 14.9 Å². The van der Waals surface area contributed by atoms with Gasteiger partial charge >= 0.3 is 5.97 Å². The van der Waals surface area contributed by atoms with Crippen LogP contribution >= 0.6 is 0 Å². The monoisotopic (exact) mass is 269 g/mol. The Bertz CT molecular complexity index is 551. The first kappa shape index (κ1) is 13.2. The van der Waals surface area contributed by atoms with Gasteiger partial charge in [-0.2, -0.15) is 0 Å². The number of anilines is 1. The van der Waals surface area contributed by atoms with Crippen molar-refractivity contribution >= 4 is 17.3 Å². The first-order chi connectivity index (χ1) is 8.83. The quantitative estimate of drug-likeness (QED) is 0.618. The van der Waals surface area contributed by atoms with Crippen molar-refractivity contribution in [2.24, 2.45) is 5.73 Å². The number of hydrogen-bond acceptors (Lipinski definition) is 5. The molecular weight excluding hydrogens is 257 g/mol. The number of carboxylic acids is 1. The zero-order valence-electron chi connectivity index (χ0n) is 9.88. The van der Waals surface area contributed by atoms with Crippen molar-refractivity contribution in [3.63, 3.8) is 0 Å². The Morgan fingerprint density at radius 1 is 1.58 bits per heavy atom. The van der Waals surface area contributed by atoms with Gasteiger partial charge in [-0.25, -0.2) is 4.39 Å². The Kier molecular flexibility index (Phi) is 3.11. The molecule has 1 aliphatic rings. The molecule has 19 heavy (non-hydrogen) atoms. The number of nitrogens with zero attached hydrogens (tertiary/aromatic N) is 2. The highest BCUT2D eigenvalue weighted by Gasteiger charge is 2.42. The van der Waals surface area contributed by atoms with Gasteiger partial charge in [0.05, 0.1) is 11.0 Å². The molecule has 0 amide bonds. The lowest BCUT2D eigenvalue weighted by Gasteiger charge is -2.21. The topological polar surface area (TPSA) is 110 Å². The zero-order chi connectivity index (χ0) is 14.2. The smallest absolute Gasteiger partial charge is 0.325 e. The van der Waals surface area contributed by atoms with Gasteiger partial charge in [0.25, 0.3) is 5.69 Å².